The number of halogens is 1. The summed E-state index contributed by atoms with van der Waals surface area (Å²) in [7, 11) is 1.81. The Balaban J connectivity index is 0. The number of aliphatic imine (C=N–C) groups is 1. The molecule has 5 heteroatoms. The Hall–Kier alpha value is -0.0400. The highest BCUT2D eigenvalue weighted by molar-refractivity contribution is 14.0. The summed E-state index contributed by atoms with van der Waals surface area (Å²) in [5, 5.41) is 6.62. The van der Waals surface area contributed by atoms with Crippen LogP contribution in [0.3, 0.4) is 0 Å². The van der Waals surface area contributed by atoms with Crippen molar-refractivity contribution in [3.05, 3.63) is 0 Å². The second kappa shape index (κ2) is 13.0. The first-order valence-corrected chi connectivity index (χ1v) is 7.02. The van der Waals surface area contributed by atoms with E-state index in [2.05, 4.69) is 36.4 Å². The maximum Gasteiger partial charge on any atom is 0.190 e. The van der Waals surface area contributed by atoms with Gasteiger partial charge >= 0.3 is 0 Å². The first kappa shape index (κ1) is 21.3. The van der Waals surface area contributed by atoms with Gasteiger partial charge in [0.2, 0.25) is 0 Å². The molecule has 0 rings (SSSR count). The van der Waals surface area contributed by atoms with Gasteiger partial charge in [0, 0.05) is 33.4 Å². The molecule has 0 amide bonds. The molecule has 116 valence electrons. The van der Waals surface area contributed by atoms with Crippen molar-refractivity contribution >= 4 is 29.9 Å². The second-order valence-corrected chi connectivity index (χ2v) is 5.64. The summed E-state index contributed by atoms with van der Waals surface area (Å²) in [6, 6.07) is 0. The molecule has 2 N–H and O–H groups in total. The van der Waals surface area contributed by atoms with Crippen LogP contribution in [0.1, 0.15) is 47.0 Å². The van der Waals surface area contributed by atoms with E-state index < -0.39 is 0 Å². The fourth-order valence-electron chi connectivity index (χ4n) is 1.57. The van der Waals surface area contributed by atoms with Crippen LogP contribution in [0.25, 0.3) is 0 Å². The van der Waals surface area contributed by atoms with E-state index in [-0.39, 0.29) is 24.0 Å². The zero-order chi connectivity index (χ0) is 13.9. The Kier molecular flexibility index (Phi) is 14.5. The number of nitrogens with one attached hydrogen (secondary N) is 2. The number of hydrogen-bond acceptors (Lipinski definition) is 2. The molecule has 0 fully saturated rings. The molecule has 0 saturated heterocycles. The topological polar surface area (TPSA) is 45.6 Å². The average molecular weight is 385 g/mol. The molecule has 0 aromatic carbocycles. The Morgan fingerprint density at radius 2 is 1.68 bits per heavy atom. The smallest absolute Gasteiger partial charge is 0.190 e. The highest BCUT2D eigenvalue weighted by Gasteiger charge is 2.08. The molecule has 0 unspecified atom stereocenters. The van der Waals surface area contributed by atoms with Gasteiger partial charge in [-0.05, 0) is 31.6 Å². The second-order valence-electron chi connectivity index (χ2n) is 5.64. The van der Waals surface area contributed by atoms with Gasteiger partial charge in [-0.3, -0.25) is 4.99 Å². The highest BCUT2D eigenvalue weighted by atomic mass is 127. The lowest BCUT2D eigenvalue weighted by molar-refractivity contribution is 0.145. The van der Waals surface area contributed by atoms with Gasteiger partial charge in [-0.15, -0.1) is 24.0 Å². The maximum absolute atomic E-state index is 5.28. The molecule has 0 bridgehead atoms. The molecule has 0 aromatic heterocycles. The summed E-state index contributed by atoms with van der Waals surface area (Å²) in [5.41, 5.74) is 0.413. The molecule has 0 radical (unpaired) electrons. The van der Waals surface area contributed by atoms with Crippen molar-refractivity contribution in [2.75, 3.05) is 33.4 Å². The highest BCUT2D eigenvalue weighted by Crippen LogP contribution is 2.19. The summed E-state index contributed by atoms with van der Waals surface area (Å²) < 4.78 is 5.28. The zero-order valence-electron chi connectivity index (χ0n) is 13.2. The molecule has 0 atom stereocenters. The Morgan fingerprint density at radius 3 is 2.16 bits per heavy atom. The number of nitrogens with zero attached hydrogens (tertiary/aromatic N) is 1. The van der Waals surface area contributed by atoms with Crippen molar-refractivity contribution in [3.63, 3.8) is 0 Å². The van der Waals surface area contributed by atoms with Gasteiger partial charge in [0.05, 0.1) is 0 Å². The van der Waals surface area contributed by atoms with E-state index in [1.54, 1.807) is 0 Å². The molecule has 0 saturated carbocycles. The average Bonchev–Trinajstić information content (AvgIpc) is 2.30. The lowest BCUT2D eigenvalue weighted by atomic mass is 9.91. The predicted octanol–water partition coefficient (Wildman–Crippen LogP) is 3.02. The third kappa shape index (κ3) is 15.9. The molecule has 0 aromatic rings. The lowest BCUT2D eigenvalue weighted by Gasteiger charge is -2.18. The SMILES string of the molecule is CCOCCCNC(=NC)NCCCC(C)(C)C.I. The van der Waals surface area contributed by atoms with E-state index in [1.807, 2.05) is 14.0 Å². The summed E-state index contributed by atoms with van der Waals surface area (Å²) >= 11 is 0. The van der Waals surface area contributed by atoms with Crippen LogP contribution in [0.5, 0.6) is 0 Å². The van der Waals surface area contributed by atoms with Crippen molar-refractivity contribution in [1.29, 1.82) is 0 Å². The first-order chi connectivity index (χ1) is 8.49. The minimum Gasteiger partial charge on any atom is -0.382 e. The van der Waals surface area contributed by atoms with Crippen molar-refractivity contribution < 1.29 is 4.74 Å². The van der Waals surface area contributed by atoms with Crippen molar-refractivity contribution in [2.24, 2.45) is 10.4 Å². The minimum atomic E-state index is 0. The van der Waals surface area contributed by atoms with E-state index >= 15 is 0 Å². The molecular weight excluding hydrogens is 353 g/mol. The van der Waals surface area contributed by atoms with Gasteiger partial charge in [-0.25, -0.2) is 0 Å². The molecule has 0 aliphatic heterocycles. The Morgan fingerprint density at radius 1 is 1.11 bits per heavy atom. The Bertz CT molecular complexity index is 227. The molecule has 0 heterocycles. The van der Waals surface area contributed by atoms with Gasteiger partial charge in [-0.1, -0.05) is 20.8 Å². The number of ether oxygens (including phenoxy) is 1. The van der Waals surface area contributed by atoms with Crippen LogP contribution in [-0.4, -0.2) is 39.3 Å². The lowest BCUT2D eigenvalue weighted by Crippen LogP contribution is -2.38. The van der Waals surface area contributed by atoms with Gasteiger partial charge in [0.1, 0.15) is 0 Å². The van der Waals surface area contributed by atoms with Crippen LogP contribution in [-0.2, 0) is 4.74 Å². The van der Waals surface area contributed by atoms with E-state index in [9.17, 15) is 0 Å². The maximum atomic E-state index is 5.28. The van der Waals surface area contributed by atoms with Crippen LogP contribution in [0.4, 0.5) is 0 Å². The normalized spacial score (nSPS) is 11.9. The van der Waals surface area contributed by atoms with Crippen LogP contribution >= 0.6 is 24.0 Å². The van der Waals surface area contributed by atoms with Gasteiger partial charge < -0.3 is 15.4 Å². The minimum absolute atomic E-state index is 0. The molecule has 0 spiro atoms. The molecule has 19 heavy (non-hydrogen) atoms. The summed E-state index contributed by atoms with van der Waals surface area (Å²) in [6.07, 6.45) is 3.40. The van der Waals surface area contributed by atoms with Gasteiger partial charge in [0.15, 0.2) is 5.96 Å². The Labute approximate surface area is 136 Å². The molecule has 0 aliphatic rings. The van der Waals surface area contributed by atoms with Crippen molar-refractivity contribution in [2.45, 2.75) is 47.0 Å². The fourth-order valence-corrected chi connectivity index (χ4v) is 1.57. The zero-order valence-corrected chi connectivity index (χ0v) is 15.5. The van der Waals surface area contributed by atoms with Gasteiger partial charge in [-0.2, -0.15) is 0 Å². The quantitative estimate of drug-likeness (QED) is 0.292. The molecular formula is C14H32IN3O. The van der Waals surface area contributed by atoms with Crippen LogP contribution in [0.15, 0.2) is 4.99 Å². The summed E-state index contributed by atoms with van der Waals surface area (Å²) in [4.78, 5) is 4.19. The number of guanidine groups is 1. The summed E-state index contributed by atoms with van der Waals surface area (Å²) in [5.74, 6) is 0.889. The van der Waals surface area contributed by atoms with E-state index in [1.165, 1.54) is 12.8 Å². The standard InChI is InChI=1S/C14H31N3O.HI/c1-6-18-12-8-11-17-13(15-5)16-10-7-9-14(2,3)4;/h6-12H2,1-5H3,(H2,15,16,17);1H. The monoisotopic (exact) mass is 385 g/mol. The van der Waals surface area contributed by atoms with E-state index in [0.717, 1.165) is 38.7 Å². The third-order valence-electron chi connectivity index (χ3n) is 2.58. The van der Waals surface area contributed by atoms with E-state index in [4.69, 9.17) is 4.74 Å². The van der Waals surface area contributed by atoms with Crippen LogP contribution in [0.2, 0.25) is 0 Å². The fraction of sp³-hybridized carbons (Fsp3) is 0.929. The summed E-state index contributed by atoms with van der Waals surface area (Å²) in [6.45, 7) is 12.3. The van der Waals surface area contributed by atoms with Gasteiger partial charge in [0.25, 0.3) is 0 Å². The van der Waals surface area contributed by atoms with Crippen LogP contribution < -0.4 is 10.6 Å². The van der Waals surface area contributed by atoms with Crippen molar-refractivity contribution in [3.8, 4) is 0 Å². The van der Waals surface area contributed by atoms with Crippen molar-refractivity contribution in [1.82, 2.24) is 10.6 Å². The number of rotatable bonds is 8. The largest absolute Gasteiger partial charge is 0.382 e. The third-order valence-corrected chi connectivity index (χ3v) is 2.58. The number of hydrogen-bond donors (Lipinski definition) is 2. The molecule has 0 aliphatic carbocycles. The van der Waals surface area contributed by atoms with E-state index in [0.29, 0.717) is 5.41 Å². The molecule has 4 nitrogen and oxygen atoms in total. The first-order valence-electron chi connectivity index (χ1n) is 7.02. The predicted molar refractivity (Wildman–Crippen MR) is 94.6 cm³/mol. The van der Waals surface area contributed by atoms with Crippen LogP contribution in [0, 0.1) is 5.41 Å².